The van der Waals surface area contributed by atoms with Gasteiger partial charge in [0.25, 0.3) is 0 Å². The number of oxazole rings is 1. The molecule has 0 radical (unpaired) electrons. The highest BCUT2D eigenvalue weighted by molar-refractivity contribution is 6.16. The molecular formula is C11H16ClNO3. The minimum absolute atomic E-state index is 0.112. The number of nitrogens with zero attached hydrogens (tertiary/aromatic N) is 1. The van der Waals surface area contributed by atoms with E-state index < -0.39 is 0 Å². The molecule has 0 saturated carbocycles. The molecule has 0 N–H and O–H groups in total. The van der Waals surface area contributed by atoms with Crippen molar-refractivity contribution >= 4 is 11.6 Å². The summed E-state index contributed by atoms with van der Waals surface area (Å²) >= 11 is 5.63. The molecule has 1 aromatic rings. The van der Waals surface area contributed by atoms with E-state index >= 15 is 0 Å². The Balaban J connectivity index is 1.93. The van der Waals surface area contributed by atoms with E-state index in [0.717, 1.165) is 12.8 Å². The van der Waals surface area contributed by atoms with Gasteiger partial charge in [-0.3, -0.25) is 0 Å². The number of hydrogen-bond donors (Lipinski definition) is 0. The molecule has 2 heterocycles. The first kappa shape index (κ1) is 11.7. The zero-order valence-corrected chi connectivity index (χ0v) is 10.2. The first-order valence-electron chi connectivity index (χ1n) is 5.50. The van der Waals surface area contributed by atoms with E-state index in [1.165, 1.54) is 6.26 Å². The largest absolute Gasteiger partial charge is 0.447 e. The lowest BCUT2D eigenvalue weighted by atomic mass is 10.0. The molecule has 0 bridgehead atoms. The normalized spacial score (nSPS) is 30.3. The van der Waals surface area contributed by atoms with Gasteiger partial charge in [-0.25, -0.2) is 0 Å². The number of alkyl halides is 1. The van der Waals surface area contributed by atoms with Gasteiger partial charge in [-0.15, -0.1) is 11.6 Å². The molecule has 1 aliphatic heterocycles. The molecule has 1 saturated heterocycles. The summed E-state index contributed by atoms with van der Waals surface area (Å²) < 4.78 is 16.5. The van der Waals surface area contributed by atoms with Crippen LogP contribution in [0.3, 0.4) is 0 Å². The Bertz CT molecular complexity index is 332. The molecule has 0 spiro atoms. The number of aromatic nitrogens is 1. The van der Waals surface area contributed by atoms with Crippen LogP contribution in [-0.4, -0.2) is 23.3 Å². The molecule has 0 aliphatic carbocycles. The van der Waals surface area contributed by atoms with Gasteiger partial charge in [0, 0.05) is 12.8 Å². The molecule has 90 valence electrons. The van der Waals surface area contributed by atoms with E-state index in [-0.39, 0.29) is 18.3 Å². The van der Waals surface area contributed by atoms with Gasteiger partial charge in [-0.05, 0) is 13.8 Å². The molecule has 0 aromatic carbocycles. The van der Waals surface area contributed by atoms with E-state index in [0.29, 0.717) is 17.7 Å². The Morgan fingerprint density at radius 3 is 2.69 bits per heavy atom. The Morgan fingerprint density at radius 1 is 1.44 bits per heavy atom. The van der Waals surface area contributed by atoms with Crippen LogP contribution in [0.25, 0.3) is 0 Å². The van der Waals surface area contributed by atoms with Crippen molar-refractivity contribution < 1.29 is 13.9 Å². The summed E-state index contributed by atoms with van der Waals surface area (Å²) in [5.41, 5.74) is 0.699. The fraction of sp³-hybridized carbons (Fsp3) is 0.727. The van der Waals surface area contributed by atoms with Crippen LogP contribution < -0.4 is 4.74 Å². The van der Waals surface area contributed by atoms with Crippen LogP contribution in [0.4, 0.5) is 0 Å². The van der Waals surface area contributed by atoms with Gasteiger partial charge >= 0.3 is 6.08 Å². The zero-order chi connectivity index (χ0) is 11.5. The third-order valence-corrected chi connectivity index (χ3v) is 2.86. The molecule has 0 amide bonds. The predicted octanol–water partition coefficient (Wildman–Crippen LogP) is 2.75. The fourth-order valence-electron chi connectivity index (χ4n) is 1.99. The Kier molecular flexibility index (Phi) is 3.71. The average molecular weight is 246 g/mol. The van der Waals surface area contributed by atoms with E-state index in [1.54, 1.807) is 0 Å². The first-order chi connectivity index (χ1) is 7.67. The van der Waals surface area contributed by atoms with Crippen molar-refractivity contribution in [2.24, 2.45) is 0 Å². The summed E-state index contributed by atoms with van der Waals surface area (Å²) in [7, 11) is 0. The molecule has 4 nitrogen and oxygen atoms in total. The molecule has 2 rings (SSSR count). The number of halogens is 1. The van der Waals surface area contributed by atoms with Crippen molar-refractivity contribution in [2.75, 3.05) is 0 Å². The number of ether oxygens (including phenoxy) is 2. The predicted molar refractivity (Wildman–Crippen MR) is 59.7 cm³/mol. The minimum Gasteiger partial charge on any atom is -0.447 e. The third-order valence-electron chi connectivity index (χ3n) is 2.59. The second-order valence-corrected chi connectivity index (χ2v) is 4.47. The van der Waals surface area contributed by atoms with E-state index in [9.17, 15) is 0 Å². The second kappa shape index (κ2) is 5.06. The maximum Gasteiger partial charge on any atom is 0.394 e. The Morgan fingerprint density at radius 2 is 2.12 bits per heavy atom. The van der Waals surface area contributed by atoms with Gasteiger partial charge in [0.2, 0.25) is 0 Å². The maximum atomic E-state index is 5.66. The lowest BCUT2D eigenvalue weighted by Crippen LogP contribution is -2.35. The molecular weight excluding hydrogens is 230 g/mol. The summed E-state index contributed by atoms with van der Waals surface area (Å²) in [6.07, 6.45) is 4.11. The van der Waals surface area contributed by atoms with Gasteiger partial charge in [0.1, 0.15) is 12.4 Å². The summed E-state index contributed by atoms with van der Waals surface area (Å²) in [6.45, 7) is 4.09. The van der Waals surface area contributed by atoms with Gasteiger partial charge in [-0.1, -0.05) is 0 Å². The quantitative estimate of drug-likeness (QED) is 0.768. The molecule has 1 aliphatic rings. The lowest BCUT2D eigenvalue weighted by molar-refractivity contribution is -0.0772. The van der Waals surface area contributed by atoms with E-state index in [2.05, 4.69) is 4.98 Å². The summed E-state index contributed by atoms with van der Waals surface area (Å²) in [6, 6.07) is 0. The molecule has 2 atom stereocenters. The zero-order valence-electron chi connectivity index (χ0n) is 9.48. The van der Waals surface area contributed by atoms with Crippen molar-refractivity contribution in [3.63, 3.8) is 0 Å². The first-order valence-corrected chi connectivity index (χ1v) is 6.03. The highest BCUT2D eigenvalue weighted by Crippen LogP contribution is 2.23. The lowest BCUT2D eigenvalue weighted by Gasteiger charge is -2.31. The van der Waals surface area contributed by atoms with Gasteiger partial charge in [-0.2, -0.15) is 4.98 Å². The molecule has 5 heteroatoms. The Labute approximate surface area is 99.9 Å². The molecule has 2 unspecified atom stereocenters. The minimum atomic E-state index is 0.112. The second-order valence-electron chi connectivity index (χ2n) is 4.21. The third kappa shape index (κ3) is 2.89. The van der Waals surface area contributed by atoms with Crippen LogP contribution in [0.5, 0.6) is 6.08 Å². The highest BCUT2D eigenvalue weighted by atomic mass is 35.5. The standard InChI is InChI=1S/C11H16ClNO3/c1-7-3-10(4-8(2)15-7)16-11-13-9(5-12)6-14-11/h6-8,10H,3-5H2,1-2H3. The van der Waals surface area contributed by atoms with Crippen molar-refractivity contribution in [3.05, 3.63) is 12.0 Å². The van der Waals surface area contributed by atoms with Gasteiger partial charge < -0.3 is 13.9 Å². The number of rotatable bonds is 3. The highest BCUT2D eigenvalue weighted by Gasteiger charge is 2.26. The van der Waals surface area contributed by atoms with Crippen molar-refractivity contribution in [1.29, 1.82) is 0 Å². The summed E-state index contributed by atoms with van der Waals surface area (Å²) in [5, 5.41) is 0. The summed E-state index contributed by atoms with van der Waals surface area (Å²) in [5.74, 6) is 0.341. The average Bonchev–Trinajstić information content (AvgIpc) is 2.64. The van der Waals surface area contributed by atoms with Crippen LogP contribution in [0.2, 0.25) is 0 Å². The van der Waals surface area contributed by atoms with Crippen LogP contribution >= 0.6 is 11.6 Å². The molecule has 16 heavy (non-hydrogen) atoms. The van der Waals surface area contributed by atoms with Crippen molar-refractivity contribution in [2.45, 2.75) is 50.9 Å². The van der Waals surface area contributed by atoms with E-state index in [1.807, 2.05) is 13.8 Å². The van der Waals surface area contributed by atoms with Gasteiger partial charge in [0.05, 0.1) is 23.8 Å². The molecule has 1 fully saturated rings. The molecule has 1 aromatic heterocycles. The smallest absolute Gasteiger partial charge is 0.394 e. The van der Waals surface area contributed by atoms with Crippen LogP contribution in [0.1, 0.15) is 32.4 Å². The topological polar surface area (TPSA) is 44.5 Å². The van der Waals surface area contributed by atoms with Crippen LogP contribution in [0.15, 0.2) is 10.7 Å². The monoisotopic (exact) mass is 245 g/mol. The number of hydrogen-bond acceptors (Lipinski definition) is 4. The van der Waals surface area contributed by atoms with Gasteiger partial charge in [0.15, 0.2) is 0 Å². The van der Waals surface area contributed by atoms with Crippen molar-refractivity contribution in [3.8, 4) is 6.08 Å². The Hall–Kier alpha value is -0.740. The van der Waals surface area contributed by atoms with Crippen molar-refractivity contribution in [1.82, 2.24) is 4.98 Å². The summed E-state index contributed by atoms with van der Waals surface area (Å²) in [4.78, 5) is 4.11. The van der Waals surface area contributed by atoms with Crippen LogP contribution in [-0.2, 0) is 10.6 Å². The van der Waals surface area contributed by atoms with E-state index in [4.69, 9.17) is 25.5 Å². The van der Waals surface area contributed by atoms with Crippen LogP contribution in [0, 0.1) is 0 Å². The SMILES string of the molecule is CC1CC(Oc2nc(CCl)co2)CC(C)O1. The fourth-order valence-corrected chi connectivity index (χ4v) is 2.11. The maximum absolute atomic E-state index is 5.66.